The second-order valence-corrected chi connectivity index (χ2v) is 7.41. The number of hydrogen-bond acceptors (Lipinski definition) is 5. The molecule has 3 amide bonds. The Hall–Kier alpha value is -2.41. The van der Waals surface area contributed by atoms with Gasteiger partial charge in [-0.2, -0.15) is 0 Å². The highest BCUT2D eigenvalue weighted by Gasteiger charge is 2.44. The Kier molecular flexibility index (Phi) is 3.01. The average molecular weight is 341 g/mol. The van der Waals surface area contributed by atoms with E-state index >= 15 is 0 Å². The number of carbonyl (C=O) groups is 3. The summed E-state index contributed by atoms with van der Waals surface area (Å²) in [5.41, 5.74) is 2.54. The molecule has 4 aliphatic heterocycles. The molecule has 2 N–H and O–H groups in total. The third kappa shape index (κ3) is 2.18. The lowest BCUT2D eigenvalue weighted by Crippen LogP contribution is -2.64. The number of piperidine rings is 1. The van der Waals surface area contributed by atoms with Gasteiger partial charge in [-0.3, -0.25) is 19.7 Å². The Bertz CT molecular complexity index is 815. The second-order valence-electron chi connectivity index (χ2n) is 7.41. The number of ether oxygens (including phenoxy) is 1. The van der Waals surface area contributed by atoms with E-state index in [1.165, 1.54) is 0 Å². The van der Waals surface area contributed by atoms with Gasteiger partial charge in [-0.25, -0.2) is 0 Å². The zero-order chi connectivity index (χ0) is 17.2. The number of nitrogens with one attached hydrogen (secondary N) is 2. The summed E-state index contributed by atoms with van der Waals surface area (Å²) in [5, 5.41) is 5.59. The molecule has 4 heterocycles. The molecule has 1 spiro atoms. The van der Waals surface area contributed by atoms with Crippen LogP contribution in [0.15, 0.2) is 12.1 Å². The molecular weight excluding hydrogens is 322 g/mol. The van der Waals surface area contributed by atoms with Crippen LogP contribution in [0.1, 0.15) is 40.7 Å². The predicted octanol–water partition coefficient (Wildman–Crippen LogP) is 0.115. The largest absolute Gasteiger partial charge is 0.484 e. The molecule has 1 aromatic rings. The van der Waals surface area contributed by atoms with E-state index in [2.05, 4.69) is 10.6 Å². The molecule has 130 valence electrons. The standard InChI is InChI=1S/C18H19N3O4/c22-15-2-1-13(16(23)20-15)21-7-11-6-14-10(5-12(11)17(21)24)3-4-18(25-14)8-19-9-18/h5-6,13,19H,1-4,7-9H2,(H,20,22,23). The minimum atomic E-state index is -0.572. The first-order valence-corrected chi connectivity index (χ1v) is 8.75. The summed E-state index contributed by atoms with van der Waals surface area (Å²) in [6.07, 6.45) is 2.51. The second kappa shape index (κ2) is 5.05. The number of fused-ring (bicyclic) bond motifs is 2. The summed E-state index contributed by atoms with van der Waals surface area (Å²) < 4.78 is 6.22. The molecule has 0 radical (unpaired) electrons. The molecule has 7 heteroatoms. The van der Waals surface area contributed by atoms with E-state index in [1.54, 1.807) is 4.90 Å². The van der Waals surface area contributed by atoms with E-state index in [4.69, 9.17) is 4.74 Å². The topological polar surface area (TPSA) is 87.7 Å². The monoisotopic (exact) mass is 341 g/mol. The van der Waals surface area contributed by atoms with Gasteiger partial charge in [-0.05, 0) is 42.5 Å². The van der Waals surface area contributed by atoms with E-state index in [0.29, 0.717) is 18.5 Å². The van der Waals surface area contributed by atoms with Gasteiger partial charge in [0.2, 0.25) is 11.8 Å². The van der Waals surface area contributed by atoms with Crippen LogP contribution < -0.4 is 15.4 Å². The SMILES string of the molecule is O=C1CCC(N2Cc3cc4c(cc3C2=O)CCC2(CNC2)O4)C(=O)N1. The van der Waals surface area contributed by atoms with Crippen LogP contribution in [0.4, 0.5) is 0 Å². The minimum Gasteiger partial charge on any atom is -0.484 e. The molecule has 1 unspecified atom stereocenters. The summed E-state index contributed by atoms with van der Waals surface area (Å²) in [7, 11) is 0. The molecule has 4 aliphatic rings. The summed E-state index contributed by atoms with van der Waals surface area (Å²) in [4.78, 5) is 37.9. The molecule has 0 aliphatic carbocycles. The van der Waals surface area contributed by atoms with E-state index in [0.717, 1.165) is 42.8 Å². The molecule has 0 aromatic heterocycles. The van der Waals surface area contributed by atoms with Crippen LogP contribution in [-0.2, 0) is 22.6 Å². The van der Waals surface area contributed by atoms with Crippen LogP contribution >= 0.6 is 0 Å². The number of nitrogens with zero attached hydrogens (tertiary/aromatic N) is 1. The number of imide groups is 1. The van der Waals surface area contributed by atoms with Crippen LogP contribution in [0.3, 0.4) is 0 Å². The van der Waals surface area contributed by atoms with Crippen LogP contribution in [-0.4, -0.2) is 47.4 Å². The van der Waals surface area contributed by atoms with E-state index < -0.39 is 6.04 Å². The van der Waals surface area contributed by atoms with Gasteiger partial charge in [0.1, 0.15) is 17.4 Å². The quantitative estimate of drug-likeness (QED) is 0.708. The number of amides is 3. The first kappa shape index (κ1) is 14.9. The third-order valence-electron chi connectivity index (χ3n) is 5.78. The Morgan fingerprint density at radius 2 is 1.96 bits per heavy atom. The van der Waals surface area contributed by atoms with Gasteiger partial charge in [0.15, 0.2) is 0 Å². The van der Waals surface area contributed by atoms with Gasteiger partial charge in [0, 0.05) is 31.6 Å². The molecular formula is C18H19N3O4. The summed E-state index contributed by atoms with van der Waals surface area (Å²) >= 11 is 0. The molecule has 2 saturated heterocycles. The highest BCUT2D eigenvalue weighted by Crippen LogP contribution is 2.39. The number of rotatable bonds is 1. The lowest BCUT2D eigenvalue weighted by atomic mass is 9.85. The van der Waals surface area contributed by atoms with Crippen LogP contribution in [0, 0.1) is 0 Å². The van der Waals surface area contributed by atoms with Crippen molar-refractivity contribution in [1.29, 1.82) is 0 Å². The van der Waals surface area contributed by atoms with E-state index in [9.17, 15) is 14.4 Å². The average Bonchev–Trinajstić information content (AvgIpc) is 2.87. The highest BCUT2D eigenvalue weighted by molar-refractivity contribution is 6.05. The lowest BCUT2D eigenvalue weighted by Gasteiger charge is -2.45. The van der Waals surface area contributed by atoms with Crippen LogP contribution in [0.5, 0.6) is 5.75 Å². The van der Waals surface area contributed by atoms with E-state index in [1.807, 2.05) is 12.1 Å². The fraction of sp³-hybridized carbons (Fsp3) is 0.500. The zero-order valence-corrected chi connectivity index (χ0v) is 13.8. The molecule has 7 nitrogen and oxygen atoms in total. The Morgan fingerprint density at radius 1 is 1.12 bits per heavy atom. The first-order chi connectivity index (χ1) is 12.0. The van der Waals surface area contributed by atoms with Crippen molar-refractivity contribution in [3.05, 3.63) is 28.8 Å². The Labute approximate surface area is 144 Å². The molecule has 0 saturated carbocycles. The Morgan fingerprint density at radius 3 is 2.68 bits per heavy atom. The summed E-state index contributed by atoms with van der Waals surface area (Å²) in [6, 6.07) is 3.32. The minimum absolute atomic E-state index is 0.0901. The Balaban J connectivity index is 1.43. The van der Waals surface area contributed by atoms with Gasteiger partial charge in [0.25, 0.3) is 5.91 Å². The van der Waals surface area contributed by atoms with Crippen LogP contribution in [0.2, 0.25) is 0 Å². The lowest BCUT2D eigenvalue weighted by molar-refractivity contribution is -0.136. The fourth-order valence-corrected chi connectivity index (χ4v) is 4.23. The number of carbonyl (C=O) groups excluding carboxylic acids is 3. The molecule has 2 fully saturated rings. The third-order valence-corrected chi connectivity index (χ3v) is 5.78. The van der Waals surface area contributed by atoms with Gasteiger partial charge in [-0.1, -0.05) is 0 Å². The maximum Gasteiger partial charge on any atom is 0.255 e. The molecule has 1 atom stereocenters. The van der Waals surface area contributed by atoms with Gasteiger partial charge < -0.3 is 15.0 Å². The van der Waals surface area contributed by atoms with Gasteiger partial charge in [0.05, 0.1) is 0 Å². The van der Waals surface area contributed by atoms with Gasteiger partial charge >= 0.3 is 0 Å². The normalized spacial score (nSPS) is 26.6. The van der Waals surface area contributed by atoms with Crippen molar-refractivity contribution in [3.8, 4) is 5.75 Å². The predicted molar refractivity (Wildman–Crippen MR) is 87.0 cm³/mol. The van der Waals surface area contributed by atoms with Crippen molar-refractivity contribution >= 4 is 17.7 Å². The van der Waals surface area contributed by atoms with Crippen molar-refractivity contribution in [2.24, 2.45) is 0 Å². The first-order valence-electron chi connectivity index (χ1n) is 8.75. The fourth-order valence-electron chi connectivity index (χ4n) is 4.23. The molecule has 1 aromatic carbocycles. The summed E-state index contributed by atoms with van der Waals surface area (Å²) in [5.74, 6) is 0.0916. The van der Waals surface area contributed by atoms with Crippen LogP contribution in [0.25, 0.3) is 0 Å². The number of hydrogen-bond donors (Lipinski definition) is 2. The molecule has 25 heavy (non-hydrogen) atoms. The smallest absolute Gasteiger partial charge is 0.255 e. The van der Waals surface area contributed by atoms with E-state index in [-0.39, 0.29) is 29.7 Å². The van der Waals surface area contributed by atoms with Crippen molar-refractivity contribution in [2.45, 2.75) is 43.9 Å². The van der Waals surface area contributed by atoms with Gasteiger partial charge in [-0.15, -0.1) is 0 Å². The summed E-state index contributed by atoms with van der Waals surface area (Å²) in [6.45, 7) is 2.12. The molecule has 5 rings (SSSR count). The maximum atomic E-state index is 12.8. The maximum absolute atomic E-state index is 12.8. The number of benzene rings is 1. The highest BCUT2D eigenvalue weighted by atomic mass is 16.5. The van der Waals surface area contributed by atoms with Crippen molar-refractivity contribution in [2.75, 3.05) is 13.1 Å². The van der Waals surface area contributed by atoms with Crippen molar-refractivity contribution in [1.82, 2.24) is 15.5 Å². The van der Waals surface area contributed by atoms with Crippen molar-refractivity contribution in [3.63, 3.8) is 0 Å². The molecule has 0 bridgehead atoms. The number of aryl methyl sites for hydroxylation is 1. The zero-order valence-electron chi connectivity index (χ0n) is 13.8. The van der Waals surface area contributed by atoms with Crippen molar-refractivity contribution < 1.29 is 19.1 Å².